The van der Waals surface area contributed by atoms with Crippen molar-refractivity contribution in [2.45, 2.75) is 0 Å². The Labute approximate surface area is 136 Å². The number of carbonyl (C=O) groups is 1. The Balaban J connectivity index is 1.80. The van der Waals surface area contributed by atoms with Crippen LogP contribution in [0.4, 0.5) is 5.69 Å². The van der Waals surface area contributed by atoms with Gasteiger partial charge in [-0.1, -0.05) is 40.9 Å². The highest BCUT2D eigenvalue weighted by molar-refractivity contribution is 6.42. The van der Waals surface area contributed by atoms with Gasteiger partial charge in [-0.25, -0.2) is 0 Å². The molecule has 0 aliphatic heterocycles. The van der Waals surface area contributed by atoms with E-state index in [2.05, 4.69) is 10.9 Å². The normalized spacial score (nSPS) is 10.0. The van der Waals surface area contributed by atoms with Crippen molar-refractivity contribution in [2.75, 3.05) is 12.0 Å². The molecule has 21 heavy (non-hydrogen) atoms. The lowest BCUT2D eigenvalue weighted by molar-refractivity contribution is -0.122. The number of halogens is 3. The Hall–Kier alpha value is -1.62. The van der Waals surface area contributed by atoms with Crippen molar-refractivity contribution in [3.63, 3.8) is 0 Å². The van der Waals surface area contributed by atoms with E-state index in [1.165, 1.54) is 0 Å². The van der Waals surface area contributed by atoms with Gasteiger partial charge in [0.1, 0.15) is 5.75 Å². The fourth-order valence-electron chi connectivity index (χ4n) is 1.46. The maximum atomic E-state index is 11.6. The van der Waals surface area contributed by atoms with Crippen molar-refractivity contribution in [1.82, 2.24) is 5.43 Å². The molecule has 0 aliphatic carbocycles. The SMILES string of the molecule is O=C(COc1ccc(Cl)c(Cl)c1)NNc1cccc(Cl)c1. The van der Waals surface area contributed by atoms with Crippen LogP contribution in [0.2, 0.25) is 15.1 Å². The number of hydrogen-bond acceptors (Lipinski definition) is 3. The summed E-state index contributed by atoms with van der Waals surface area (Å²) in [6, 6.07) is 11.7. The molecule has 0 atom stereocenters. The maximum absolute atomic E-state index is 11.6. The van der Waals surface area contributed by atoms with E-state index in [9.17, 15) is 4.79 Å². The van der Waals surface area contributed by atoms with Gasteiger partial charge in [0, 0.05) is 11.1 Å². The molecular formula is C14H11Cl3N2O2. The summed E-state index contributed by atoms with van der Waals surface area (Å²) in [7, 11) is 0. The first-order valence-corrected chi connectivity index (χ1v) is 7.06. The van der Waals surface area contributed by atoms with Crippen molar-refractivity contribution >= 4 is 46.4 Å². The van der Waals surface area contributed by atoms with Crippen molar-refractivity contribution in [1.29, 1.82) is 0 Å². The van der Waals surface area contributed by atoms with Crippen molar-refractivity contribution in [2.24, 2.45) is 0 Å². The van der Waals surface area contributed by atoms with Crippen molar-refractivity contribution in [3.05, 3.63) is 57.5 Å². The zero-order valence-electron chi connectivity index (χ0n) is 10.7. The molecule has 2 aromatic rings. The minimum atomic E-state index is -0.346. The molecule has 0 bridgehead atoms. The van der Waals surface area contributed by atoms with Crippen molar-refractivity contribution < 1.29 is 9.53 Å². The molecule has 0 saturated carbocycles. The van der Waals surface area contributed by atoms with Gasteiger partial charge in [0.25, 0.3) is 5.91 Å². The van der Waals surface area contributed by atoms with Crippen LogP contribution in [0, 0.1) is 0 Å². The van der Waals surface area contributed by atoms with E-state index in [-0.39, 0.29) is 12.5 Å². The summed E-state index contributed by atoms with van der Waals surface area (Å²) in [5, 5.41) is 1.36. The highest BCUT2D eigenvalue weighted by atomic mass is 35.5. The second-order valence-electron chi connectivity index (χ2n) is 4.05. The molecule has 0 radical (unpaired) electrons. The van der Waals surface area contributed by atoms with Crippen LogP contribution in [0.1, 0.15) is 0 Å². The number of anilines is 1. The molecule has 0 fully saturated rings. The molecule has 0 saturated heterocycles. The molecule has 0 aromatic heterocycles. The third kappa shape index (κ3) is 5.01. The molecule has 2 rings (SSSR count). The molecule has 7 heteroatoms. The van der Waals surface area contributed by atoms with E-state index in [1.54, 1.807) is 42.5 Å². The quantitative estimate of drug-likeness (QED) is 0.800. The lowest BCUT2D eigenvalue weighted by Gasteiger charge is -2.10. The molecule has 0 aliphatic rings. The van der Waals surface area contributed by atoms with Crippen LogP contribution in [-0.2, 0) is 4.79 Å². The topological polar surface area (TPSA) is 50.4 Å². The first-order valence-electron chi connectivity index (χ1n) is 5.93. The maximum Gasteiger partial charge on any atom is 0.276 e. The molecular weight excluding hydrogens is 335 g/mol. The number of ether oxygens (including phenoxy) is 1. The van der Waals surface area contributed by atoms with Crippen LogP contribution in [0.15, 0.2) is 42.5 Å². The number of rotatable bonds is 5. The predicted molar refractivity (Wildman–Crippen MR) is 85.2 cm³/mol. The summed E-state index contributed by atoms with van der Waals surface area (Å²) >= 11 is 17.5. The van der Waals surface area contributed by atoms with Crippen LogP contribution in [0.25, 0.3) is 0 Å². The smallest absolute Gasteiger partial charge is 0.276 e. The summed E-state index contributed by atoms with van der Waals surface area (Å²) in [6.07, 6.45) is 0. The number of nitrogens with one attached hydrogen (secondary N) is 2. The van der Waals surface area contributed by atoms with Gasteiger partial charge in [-0.15, -0.1) is 0 Å². The average molecular weight is 346 g/mol. The summed E-state index contributed by atoms with van der Waals surface area (Å²) < 4.78 is 5.29. The van der Waals surface area contributed by atoms with E-state index in [1.807, 2.05) is 0 Å². The minimum Gasteiger partial charge on any atom is -0.484 e. The van der Waals surface area contributed by atoms with E-state index >= 15 is 0 Å². The molecule has 0 spiro atoms. The molecule has 2 aromatic carbocycles. The molecule has 110 valence electrons. The molecule has 1 amide bonds. The molecule has 2 N–H and O–H groups in total. The summed E-state index contributed by atoms with van der Waals surface area (Å²) in [4.78, 5) is 11.6. The summed E-state index contributed by atoms with van der Waals surface area (Å²) in [5.41, 5.74) is 5.89. The van der Waals surface area contributed by atoms with Gasteiger partial charge >= 0.3 is 0 Å². The van der Waals surface area contributed by atoms with E-state index in [4.69, 9.17) is 39.5 Å². The molecule has 0 unspecified atom stereocenters. The highest BCUT2D eigenvalue weighted by Gasteiger charge is 2.04. The van der Waals surface area contributed by atoms with Gasteiger partial charge in [-0.3, -0.25) is 15.6 Å². The molecule has 4 nitrogen and oxygen atoms in total. The van der Waals surface area contributed by atoms with Gasteiger partial charge in [0.2, 0.25) is 0 Å². The third-order valence-corrected chi connectivity index (χ3v) is 3.41. The number of hydrogen-bond donors (Lipinski definition) is 2. The third-order valence-electron chi connectivity index (χ3n) is 2.43. The number of benzene rings is 2. The van der Waals surface area contributed by atoms with Crippen LogP contribution in [0.3, 0.4) is 0 Å². The van der Waals surface area contributed by atoms with E-state index in [0.717, 1.165) is 0 Å². The Bertz CT molecular complexity index is 650. The fourth-order valence-corrected chi connectivity index (χ4v) is 1.94. The van der Waals surface area contributed by atoms with Gasteiger partial charge in [0.15, 0.2) is 6.61 Å². The summed E-state index contributed by atoms with van der Waals surface area (Å²) in [5.74, 6) is 0.114. The highest BCUT2D eigenvalue weighted by Crippen LogP contribution is 2.26. The van der Waals surface area contributed by atoms with Crippen LogP contribution < -0.4 is 15.6 Å². The number of amides is 1. The van der Waals surface area contributed by atoms with Crippen molar-refractivity contribution in [3.8, 4) is 5.75 Å². The first kappa shape index (κ1) is 15.8. The van der Waals surface area contributed by atoms with Gasteiger partial charge in [0.05, 0.1) is 15.7 Å². The van der Waals surface area contributed by atoms with Gasteiger partial charge in [-0.2, -0.15) is 0 Å². The Morgan fingerprint density at radius 1 is 1.05 bits per heavy atom. The summed E-state index contributed by atoms with van der Waals surface area (Å²) in [6.45, 7) is -0.161. The zero-order valence-corrected chi connectivity index (χ0v) is 13.0. The second kappa shape index (κ2) is 7.41. The first-order chi connectivity index (χ1) is 10.0. The Morgan fingerprint density at radius 3 is 2.57 bits per heavy atom. The van der Waals surface area contributed by atoms with Gasteiger partial charge in [-0.05, 0) is 30.3 Å². The predicted octanol–water partition coefficient (Wildman–Crippen LogP) is 4.17. The van der Waals surface area contributed by atoms with Crippen LogP contribution in [0.5, 0.6) is 5.75 Å². The van der Waals surface area contributed by atoms with Crippen LogP contribution >= 0.6 is 34.8 Å². The fraction of sp³-hybridized carbons (Fsp3) is 0.0714. The number of carbonyl (C=O) groups excluding carboxylic acids is 1. The zero-order chi connectivity index (χ0) is 15.2. The molecule has 0 heterocycles. The van der Waals surface area contributed by atoms with E-state index < -0.39 is 0 Å². The largest absolute Gasteiger partial charge is 0.484 e. The Morgan fingerprint density at radius 2 is 1.86 bits per heavy atom. The Kier molecular flexibility index (Phi) is 5.56. The van der Waals surface area contributed by atoms with E-state index in [0.29, 0.717) is 26.5 Å². The average Bonchev–Trinajstić information content (AvgIpc) is 2.46. The van der Waals surface area contributed by atoms with Gasteiger partial charge < -0.3 is 4.74 Å². The number of hydrazine groups is 1. The minimum absolute atomic E-state index is 0.161. The lowest BCUT2D eigenvalue weighted by atomic mass is 10.3. The monoisotopic (exact) mass is 344 g/mol. The lowest BCUT2D eigenvalue weighted by Crippen LogP contribution is -2.33. The standard InChI is InChI=1S/C14H11Cl3N2O2/c15-9-2-1-3-10(6-9)18-19-14(20)8-21-11-4-5-12(16)13(17)7-11/h1-7,18H,8H2,(H,19,20). The second-order valence-corrected chi connectivity index (χ2v) is 5.30. The van der Waals surface area contributed by atoms with Crippen LogP contribution in [-0.4, -0.2) is 12.5 Å².